The van der Waals surface area contributed by atoms with Gasteiger partial charge in [0, 0.05) is 12.1 Å². The van der Waals surface area contributed by atoms with E-state index in [9.17, 15) is 4.79 Å². The highest BCUT2D eigenvalue weighted by atomic mass is 35.5. The molecule has 0 spiro atoms. The maximum absolute atomic E-state index is 11.8. The van der Waals surface area contributed by atoms with Crippen LogP contribution in [0.2, 0.25) is 10.0 Å². The van der Waals surface area contributed by atoms with Crippen molar-refractivity contribution in [3.8, 4) is 0 Å². The molecule has 0 fully saturated rings. The van der Waals surface area contributed by atoms with E-state index < -0.39 is 0 Å². The molecule has 2 rings (SSSR count). The van der Waals surface area contributed by atoms with Gasteiger partial charge in [0.2, 0.25) is 11.1 Å². The number of halogens is 2. The summed E-state index contributed by atoms with van der Waals surface area (Å²) in [6.07, 6.45) is 0. The summed E-state index contributed by atoms with van der Waals surface area (Å²) >= 11 is 13.0. The van der Waals surface area contributed by atoms with Crippen LogP contribution < -0.4 is 5.32 Å². The molecule has 9 heteroatoms. The van der Waals surface area contributed by atoms with Gasteiger partial charge in [-0.2, -0.15) is 0 Å². The molecule has 0 aliphatic rings. The first kappa shape index (κ1) is 14.1. The van der Waals surface area contributed by atoms with Crippen molar-refractivity contribution in [2.75, 3.05) is 11.1 Å². The van der Waals surface area contributed by atoms with Crippen LogP contribution in [0, 0.1) is 0 Å². The van der Waals surface area contributed by atoms with Gasteiger partial charge in [0.1, 0.15) is 0 Å². The Morgan fingerprint density at radius 1 is 1.47 bits per heavy atom. The second kappa shape index (κ2) is 6.23. The lowest BCUT2D eigenvalue weighted by Crippen LogP contribution is -2.14. The zero-order valence-corrected chi connectivity index (χ0v) is 12.1. The third-order valence-corrected chi connectivity index (χ3v) is 3.68. The Labute approximate surface area is 123 Å². The number of aryl methyl sites for hydroxylation is 1. The van der Waals surface area contributed by atoms with Gasteiger partial charge in [-0.05, 0) is 28.6 Å². The molecule has 1 heterocycles. The van der Waals surface area contributed by atoms with Crippen molar-refractivity contribution >= 4 is 46.6 Å². The Hall–Kier alpha value is -1.31. The van der Waals surface area contributed by atoms with Gasteiger partial charge in [-0.1, -0.05) is 35.0 Å². The minimum Gasteiger partial charge on any atom is -0.324 e. The minimum atomic E-state index is -0.197. The summed E-state index contributed by atoms with van der Waals surface area (Å²) in [6, 6.07) is 4.87. The van der Waals surface area contributed by atoms with E-state index in [1.54, 1.807) is 25.2 Å². The first-order valence-electron chi connectivity index (χ1n) is 5.16. The molecule has 0 aliphatic carbocycles. The third kappa shape index (κ3) is 3.82. The molecule has 0 saturated carbocycles. The van der Waals surface area contributed by atoms with Crippen LogP contribution in [-0.2, 0) is 11.8 Å². The normalized spacial score (nSPS) is 10.5. The van der Waals surface area contributed by atoms with Gasteiger partial charge in [-0.3, -0.25) is 4.79 Å². The van der Waals surface area contributed by atoms with Crippen LogP contribution in [-0.4, -0.2) is 31.9 Å². The minimum absolute atomic E-state index is 0.188. The summed E-state index contributed by atoms with van der Waals surface area (Å²) in [6.45, 7) is 0. The molecule has 0 radical (unpaired) electrons. The zero-order chi connectivity index (χ0) is 13.8. The molecular weight excluding hydrogens is 309 g/mol. The van der Waals surface area contributed by atoms with Crippen LogP contribution in [0.4, 0.5) is 5.69 Å². The number of aromatic nitrogens is 4. The molecule has 6 nitrogen and oxygen atoms in total. The molecule has 1 aromatic heterocycles. The van der Waals surface area contributed by atoms with Gasteiger partial charge in [-0.25, -0.2) is 4.68 Å². The Bertz CT molecular complexity index is 603. The summed E-state index contributed by atoms with van der Waals surface area (Å²) in [5.41, 5.74) is 0.521. The van der Waals surface area contributed by atoms with E-state index in [0.29, 0.717) is 20.9 Å². The van der Waals surface area contributed by atoms with Gasteiger partial charge >= 0.3 is 0 Å². The lowest BCUT2D eigenvalue weighted by molar-refractivity contribution is -0.113. The number of benzene rings is 1. The number of thioether (sulfide) groups is 1. The largest absolute Gasteiger partial charge is 0.324 e. The molecule has 0 aliphatic heterocycles. The van der Waals surface area contributed by atoms with E-state index in [2.05, 4.69) is 20.8 Å². The number of rotatable bonds is 4. The highest BCUT2D eigenvalue weighted by molar-refractivity contribution is 7.99. The molecule has 0 bridgehead atoms. The lowest BCUT2D eigenvalue weighted by atomic mass is 10.3. The number of hydrogen-bond donors (Lipinski definition) is 1. The fourth-order valence-electron chi connectivity index (χ4n) is 1.25. The molecule has 2 aromatic rings. The van der Waals surface area contributed by atoms with Crippen LogP contribution in [0.25, 0.3) is 0 Å². The first-order valence-corrected chi connectivity index (χ1v) is 6.90. The SMILES string of the molecule is Cn1nnnc1SCC(=O)Nc1ccc(Cl)cc1Cl. The highest BCUT2D eigenvalue weighted by Crippen LogP contribution is 2.25. The van der Waals surface area contributed by atoms with E-state index in [-0.39, 0.29) is 11.7 Å². The fraction of sp³-hybridized carbons (Fsp3) is 0.200. The van der Waals surface area contributed by atoms with Gasteiger partial charge in [-0.15, -0.1) is 5.10 Å². The number of amides is 1. The van der Waals surface area contributed by atoms with Crippen LogP contribution in [0.3, 0.4) is 0 Å². The zero-order valence-electron chi connectivity index (χ0n) is 9.80. The third-order valence-electron chi connectivity index (χ3n) is 2.12. The summed E-state index contributed by atoms with van der Waals surface area (Å²) in [4.78, 5) is 11.8. The van der Waals surface area contributed by atoms with Crippen molar-refractivity contribution < 1.29 is 4.79 Å². The first-order chi connectivity index (χ1) is 9.06. The average molecular weight is 318 g/mol. The average Bonchev–Trinajstić information content (AvgIpc) is 2.76. The summed E-state index contributed by atoms with van der Waals surface area (Å²) < 4.78 is 1.49. The standard InChI is InChI=1S/C10H9Cl2N5OS/c1-17-10(14-15-16-17)19-5-9(18)13-8-3-2-6(11)4-7(8)12/h2-4H,5H2,1H3,(H,13,18). The molecular formula is C10H9Cl2N5OS. The van der Waals surface area contributed by atoms with Crippen molar-refractivity contribution in [3.63, 3.8) is 0 Å². The molecule has 19 heavy (non-hydrogen) atoms. The predicted octanol–water partition coefficient (Wildman–Crippen LogP) is 2.25. The van der Waals surface area contributed by atoms with Gasteiger partial charge in [0.05, 0.1) is 16.5 Å². The monoisotopic (exact) mass is 317 g/mol. The second-order valence-corrected chi connectivity index (χ2v) is 5.33. The van der Waals surface area contributed by atoms with E-state index in [4.69, 9.17) is 23.2 Å². The molecule has 0 atom stereocenters. The summed E-state index contributed by atoms with van der Waals surface area (Å²) in [7, 11) is 1.70. The maximum atomic E-state index is 11.8. The second-order valence-electron chi connectivity index (χ2n) is 3.55. The van der Waals surface area contributed by atoms with Gasteiger partial charge < -0.3 is 5.32 Å². The van der Waals surface area contributed by atoms with E-state index in [1.807, 2.05) is 0 Å². The van der Waals surface area contributed by atoms with Crippen LogP contribution in [0.1, 0.15) is 0 Å². The Morgan fingerprint density at radius 2 is 2.26 bits per heavy atom. The van der Waals surface area contributed by atoms with Crippen molar-refractivity contribution in [3.05, 3.63) is 28.2 Å². The fourth-order valence-corrected chi connectivity index (χ4v) is 2.36. The van der Waals surface area contributed by atoms with Gasteiger partial charge in [0.25, 0.3) is 0 Å². The number of carbonyl (C=O) groups excluding carboxylic acids is 1. The molecule has 0 unspecified atom stereocenters. The highest BCUT2D eigenvalue weighted by Gasteiger charge is 2.09. The number of anilines is 1. The number of hydrogen-bond acceptors (Lipinski definition) is 5. The molecule has 1 N–H and O–H groups in total. The van der Waals surface area contributed by atoms with Crippen molar-refractivity contribution in [2.24, 2.45) is 7.05 Å². The molecule has 100 valence electrons. The van der Waals surface area contributed by atoms with Crippen LogP contribution in [0.15, 0.2) is 23.4 Å². The lowest BCUT2D eigenvalue weighted by Gasteiger charge is -2.06. The van der Waals surface area contributed by atoms with Gasteiger partial charge in [0.15, 0.2) is 0 Å². The number of tetrazole rings is 1. The Morgan fingerprint density at radius 3 is 2.89 bits per heavy atom. The van der Waals surface area contributed by atoms with Crippen LogP contribution in [0.5, 0.6) is 0 Å². The Kier molecular flexibility index (Phi) is 4.62. The summed E-state index contributed by atoms with van der Waals surface area (Å²) in [5, 5.41) is 15.1. The van der Waals surface area contributed by atoms with E-state index in [0.717, 1.165) is 0 Å². The maximum Gasteiger partial charge on any atom is 0.234 e. The van der Waals surface area contributed by atoms with Crippen molar-refractivity contribution in [1.29, 1.82) is 0 Å². The molecule has 1 amide bonds. The van der Waals surface area contributed by atoms with Crippen LogP contribution >= 0.6 is 35.0 Å². The predicted molar refractivity (Wildman–Crippen MR) is 74.6 cm³/mol. The number of carbonyl (C=O) groups is 1. The topological polar surface area (TPSA) is 72.7 Å². The molecule has 0 saturated heterocycles. The van der Waals surface area contributed by atoms with Crippen molar-refractivity contribution in [1.82, 2.24) is 20.2 Å². The number of nitrogens with one attached hydrogen (secondary N) is 1. The smallest absolute Gasteiger partial charge is 0.234 e. The van der Waals surface area contributed by atoms with E-state index in [1.165, 1.54) is 16.4 Å². The van der Waals surface area contributed by atoms with Crippen molar-refractivity contribution in [2.45, 2.75) is 5.16 Å². The van der Waals surface area contributed by atoms with E-state index >= 15 is 0 Å². The molecule has 1 aromatic carbocycles. The number of nitrogens with zero attached hydrogens (tertiary/aromatic N) is 4. The quantitative estimate of drug-likeness (QED) is 0.875. The summed E-state index contributed by atoms with van der Waals surface area (Å²) in [5.74, 6) is -0.00935. The Balaban J connectivity index is 1.93.